The van der Waals surface area contributed by atoms with Gasteiger partial charge >= 0.3 is 0 Å². The predicted octanol–water partition coefficient (Wildman–Crippen LogP) is 4.38. The maximum absolute atomic E-state index is 13.0. The van der Waals surface area contributed by atoms with E-state index in [4.69, 9.17) is 0 Å². The summed E-state index contributed by atoms with van der Waals surface area (Å²) in [6, 6.07) is 13.1. The van der Waals surface area contributed by atoms with Crippen LogP contribution in [0.15, 0.2) is 42.5 Å². The molecule has 2 aromatic rings. The zero-order chi connectivity index (χ0) is 18.1. The SMILES string of the molecule is Cc1ccc2c(c1)[C@H]1CN(CCCC(=O)c3ccc(F)cc3)CC[C@H]1N2. The molecule has 4 heteroatoms. The van der Waals surface area contributed by atoms with Crippen LogP contribution in [-0.2, 0) is 0 Å². The number of likely N-dealkylation sites (tertiary alicyclic amines) is 1. The van der Waals surface area contributed by atoms with Crippen molar-refractivity contribution in [3.8, 4) is 0 Å². The van der Waals surface area contributed by atoms with Gasteiger partial charge in [0.1, 0.15) is 5.82 Å². The van der Waals surface area contributed by atoms with Crippen LogP contribution in [0.1, 0.15) is 46.7 Å². The highest BCUT2D eigenvalue weighted by Crippen LogP contribution is 2.40. The van der Waals surface area contributed by atoms with E-state index in [1.54, 1.807) is 12.1 Å². The highest BCUT2D eigenvalue weighted by Gasteiger charge is 2.36. The van der Waals surface area contributed by atoms with Crippen LogP contribution in [-0.4, -0.2) is 36.4 Å². The molecule has 4 rings (SSSR count). The summed E-state index contributed by atoms with van der Waals surface area (Å²) in [5, 5.41) is 3.67. The number of carbonyl (C=O) groups excluding carboxylic acids is 1. The summed E-state index contributed by atoms with van der Waals surface area (Å²) in [6.45, 7) is 5.22. The maximum Gasteiger partial charge on any atom is 0.162 e. The predicted molar refractivity (Wildman–Crippen MR) is 102 cm³/mol. The zero-order valence-electron chi connectivity index (χ0n) is 15.2. The number of carbonyl (C=O) groups is 1. The number of anilines is 1. The van der Waals surface area contributed by atoms with Gasteiger partial charge in [-0.1, -0.05) is 17.7 Å². The molecule has 136 valence electrons. The fraction of sp³-hybridized carbons (Fsp3) is 0.409. The van der Waals surface area contributed by atoms with Crippen LogP contribution < -0.4 is 5.32 Å². The number of benzene rings is 2. The largest absolute Gasteiger partial charge is 0.381 e. The minimum absolute atomic E-state index is 0.100. The van der Waals surface area contributed by atoms with E-state index in [2.05, 4.69) is 35.3 Å². The number of nitrogens with one attached hydrogen (secondary N) is 1. The quantitative estimate of drug-likeness (QED) is 0.811. The first-order chi connectivity index (χ1) is 12.6. The molecule has 0 aliphatic carbocycles. The number of fused-ring (bicyclic) bond motifs is 3. The topological polar surface area (TPSA) is 32.3 Å². The average Bonchev–Trinajstić information content (AvgIpc) is 2.99. The number of Topliss-reactive ketones (excluding diaryl/α,β-unsaturated/α-hetero) is 1. The number of piperidine rings is 1. The van der Waals surface area contributed by atoms with E-state index in [1.807, 2.05) is 0 Å². The number of hydrogen-bond acceptors (Lipinski definition) is 3. The lowest BCUT2D eigenvalue weighted by Crippen LogP contribution is -2.42. The van der Waals surface area contributed by atoms with E-state index in [9.17, 15) is 9.18 Å². The normalized spacial score (nSPS) is 21.8. The molecule has 2 heterocycles. The number of rotatable bonds is 5. The van der Waals surface area contributed by atoms with Crippen molar-refractivity contribution in [1.82, 2.24) is 4.90 Å². The van der Waals surface area contributed by atoms with Crippen molar-refractivity contribution in [2.45, 2.75) is 38.1 Å². The summed E-state index contributed by atoms with van der Waals surface area (Å²) in [7, 11) is 0. The summed E-state index contributed by atoms with van der Waals surface area (Å²) < 4.78 is 13.0. The standard InChI is InChI=1S/C22H25FN2O/c1-15-4-9-20-18(13-15)19-14-25(12-10-21(19)24-20)11-2-3-22(26)16-5-7-17(23)8-6-16/h4-9,13,19,21,24H,2-3,10-12,14H2,1H3/t19-,21-/m1/s1. The summed E-state index contributed by atoms with van der Waals surface area (Å²) in [5.41, 5.74) is 4.66. The first-order valence-electron chi connectivity index (χ1n) is 9.48. The molecule has 1 fully saturated rings. The van der Waals surface area contributed by atoms with Crippen molar-refractivity contribution < 1.29 is 9.18 Å². The highest BCUT2D eigenvalue weighted by atomic mass is 19.1. The van der Waals surface area contributed by atoms with E-state index in [0.29, 0.717) is 23.9 Å². The van der Waals surface area contributed by atoms with Gasteiger partial charge in [0.2, 0.25) is 0 Å². The van der Waals surface area contributed by atoms with Crippen LogP contribution in [0.2, 0.25) is 0 Å². The molecule has 2 aliphatic heterocycles. The first-order valence-corrected chi connectivity index (χ1v) is 9.48. The average molecular weight is 352 g/mol. The third-order valence-electron chi connectivity index (χ3n) is 5.69. The van der Waals surface area contributed by atoms with Crippen molar-refractivity contribution in [3.63, 3.8) is 0 Å². The van der Waals surface area contributed by atoms with Gasteiger partial charge in [-0.15, -0.1) is 0 Å². The van der Waals surface area contributed by atoms with Gasteiger partial charge in [0.25, 0.3) is 0 Å². The Bertz CT molecular complexity index is 802. The molecule has 2 aromatic carbocycles. The minimum atomic E-state index is -0.301. The molecule has 0 bridgehead atoms. The molecule has 0 aromatic heterocycles. The van der Waals surface area contributed by atoms with E-state index < -0.39 is 0 Å². The van der Waals surface area contributed by atoms with Crippen molar-refractivity contribution >= 4 is 11.5 Å². The molecule has 3 nitrogen and oxygen atoms in total. The van der Waals surface area contributed by atoms with Gasteiger partial charge in [-0.05, 0) is 62.2 Å². The summed E-state index contributed by atoms with van der Waals surface area (Å²) >= 11 is 0. The van der Waals surface area contributed by atoms with Crippen LogP contribution in [0.4, 0.5) is 10.1 Å². The fourth-order valence-electron chi connectivity index (χ4n) is 4.27. The Balaban J connectivity index is 1.31. The van der Waals surface area contributed by atoms with Gasteiger partial charge in [-0.2, -0.15) is 0 Å². The van der Waals surface area contributed by atoms with Gasteiger partial charge in [-0.3, -0.25) is 4.79 Å². The van der Waals surface area contributed by atoms with Gasteiger partial charge in [0.05, 0.1) is 0 Å². The molecule has 0 radical (unpaired) electrons. The molecular weight excluding hydrogens is 327 g/mol. The van der Waals surface area contributed by atoms with Crippen LogP contribution in [0, 0.1) is 12.7 Å². The van der Waals surface area contributed by atoms with Crippen LogP contribution in [0.25, 0.3) is 0 Å². The molecular formula is C22H25FN2O. The number of ketones is 1. The summed E-state index contributed by atoms with van der Waals surface area (Å²) in [5.74, 6) is 0.347. The molecule has 0 unspecified atom stereocenters. The zero-order valence-corrected chi connectivity index (χ0v) is 15.2. The second-order valence-electron chi connectivity index (χ2n) is 7.57. The van der Waals surface area contributed by atoms with Crippen molar-refractivity contribution in [2.75, 3.05) is 25.0 Å². The molecule has 0 amide bonds. The van der Waals surface area contributed by atoms with Crippen molar-refractivity contribution in [2.24, 2.45) is 0 Å². The van der Waals surface area contributed by atoms with Gasteiger partial charge in [0, 0.05) is 42.7 Å². The Kier molecular flexibility index (Phi) is 4.77. The number of aryl methyl sites for hydroxylation is 1. The van der Waals surface area contributed by atoms with E-state index in [1.165, 1.54) is 28.9 Å². The van der Waals surface area contributed by atoms with Gasteiger partial charge in [0.15, 0.2) is 5.78 Å². The van der Waals surface area contributed by atoms with Gasteiger partial charge < -0.3 is 10.2 Å². The van der Waals surface area contributed by atoms with Crippen LogP contribution in [0.3, 0.4) is 0 Å². The minimum Gasteiger partial charge on any atom is -0.381 e. The molecule has 1 N–H and O–H groups in total. The first kappa shape index (κ1) is 17.2. The molecule has 2 atom stereocenters. The molecule has 0 saturated carbocycles. The van der Waals surface area contributed by atoms with Crippen molar-refractivity contribution in [1.29, 1.82) is 0 Å². The lowest BCUT2D eigenvalue weighted by molar-refractivity contribution is 0.0971. The van der Waals surface area contributed by atoms with Gasteiger partial charge in [-0.25, -0.2) is 4.39 Å². The number of nitrogens with zero attached hydrogens (tertiary/aromatic N) is 1. The Morgan fingerprint density at radius 1 is 1.23 bits per heavy atom. The maximum atomic E-state index is 13.0. The molecule has 1 saturated heterocycles. The second-order valence-corrected chi connectivity index (χ2v) is 7.57. The highest BCUT2D eigenvalue weighted by molar-refractivity contribution is 5.95. The van der Waals surface area contributed by atoms with E-state index >= 15 is 0 Å². The lowest BCUT2D eigenvalue weighted by atomic mass is 9.88. The second kappa shape index (κ2) is 7.20. The molecule has 0 spiro atoms. The number of hydrogen-bond donors (Lipinski definition) is 1. The van der Waals surface area contributed by atoms with Crippen molar-refractivity contribution in [3.05, 3.63) is 65.0 Å². The Labute approximate surface area is 154 Å². The summed E-state index contributed by atoms with van der Waals surface area (Å²) in [6.07, 6.45) is 2.51. The third-order valence-corrected chi connectivity index (χ3v) is 5.69. The number of halogens is 1. The lowest BCUT2D eigenvalue weighted by Gasteiger charge is -2.35. The molecule has 26 heavy (non-hydrogen) atoms. The van der Waals surface area contributed by atoms with E-state index in [0.717, 1.165) is 32.5 Å². The summed E-state index contributed by atoms with van der Waals surface area (Å²) in [4.78, 5) is 14.7. The molecule has 2 aliphatic rings. The monoisotopic (exact) mass is 352 g/mol. The third kappa shape index (κ3) is 3.51. The smallest absolute Gasteiger partial charge is 0.162 e. The van der Waals surface area contributed by atoms with E-state index in [-0.39, 0.29) is 11.6 Å². The Morgan fingerprint density at radius 3 is 2.85 bits per heavy atom. The Hall–Kier alpha value is -2.20. The fourth-order valence-corrected chi connectivity index (χ4v) is 4.27. The van der Waals surface area contributed by atoms with Crippen LogP contribution >= 0.6 is 0 Å². The Morgan fingerprint density at radius 2 is 2.04 bits per heavy atom. The van der Waals surface area contributed by atoms with Crippen LogP contribution in [0.5, 0.6) is 0 Å².